The molecule has 5 nitrogen and oxygen atoms in total. The first kappa shape index (κ1) is 17.4. The molecular formula is C13H17F2NO4S. The summed E-state index contributed by atoms with van der Waals surface area (Å²) in [5.41, 5.74) is 0.0571. The van der Waals surface area contributed by atoms with Crippen molar-refractivity contribution in [2.45, 2.75) is 30.4 Å². The number of sulfone groups is 1. The predicted molar refractivity (Wildman–Crippen MR) is 74.2 cm³/mol. The summed E-state index contributed by atoms with van der Waals surface area (Å²) in [5.74, 6) is -4.68. The van der Waals surface area contributed by atoms with E-state index in [2.05, 4.69) is 5.32 Å². The Hall–Kier alpha value is -1.70. The predicted octanol–water partition coefficient (Wildman–Crippen LogP) is 2.60. The number of aliphatic carboxylic acids is 1. The maximum Gasteiger partial charge on any atom is 0.341 e. The number of carboxylic acids is 1. The summed E-state index contributed by atoms with van der Waals surface area (Å²) in [6.45, 7) is 2.00. The molecule has 0 saturated heterocycles. The third-order valence-corrected chi connectivity index (χ3v) is 4.49. The van der Waals surface area contributed by atoms with E-state index in [0.717, 1.165) is 6.07 Å². The van der Waals surface area contributed by atoms with Gasteiger partial charge in [-0.2, -0.15) is 8.78 Å². The quantitative estimate of drug-likeness (QED) is 0.769. The number of carboxylic acid groups (broad SMARTS) is 1. The Morgan fingerprint density at radius 2 is 1.95 bits per heavy atom. The monoisotopic (exact) mass is 321 g/mol. The lowest BCUT2D eigenvalue weighted by Crippen LogP contribution is -2.19. The first-order valence-electron chi connectivity index (χ1n) is 6.35. The molecule has 0 amide bonds. The minimum Gasteiger partial charge on any atom is -0.481 e. The van der Waals surface area contributed by atoms with Crippen molar-refractivity contribution in [3.63, 3.8) is 0 Å². The number of carbonyl (C=O) groups is 1. The van der Waals surface area contributed by atoms with E-state index < -0.39 is 26.5 Å². The van der Waals surface area contributed by atoms with E-state index in [-0.39, 0.29) is 24.6 Å². The molecule has 1 aromatic carbocycles. The molecule has 0 aliphatic carbocycles. The summed E-state index contributed by atoms with van der Waals surface area (Å²) in [6.07, 6.45) is 0.496. The Morgan fingerprint density at radius 1 is 1.33 bits per heavy atom. The number of anilines is 1. The van der Waals surface area contributed by atoms with E-state index in [4.69, 9.17) is 5.11 Å². The van der Waals surface area contributed by atoms with E-state index in [1.807, 2.05) is 0 Å². The van der Waals surface area contributed by atoms with Gasteiger partial charge in [0.2, 0.25) is 9.84 Å². The van der Waals surface area contributed by atoms with Crippen molar-refractivity contribution in [1.82, 2.24) is 0 Å². The molecule has 1 aromatic rings. The van der Waals surface area contributed by atoms with Crippen LogP contribution in [0.4, 0.5) is 14.5 Å². The first-order chi connectivity index (χ1) is 9.78. The minimum atomic E-state index is -4.70. The van der Waals surface area contributed by atoms with E-state index in [0.29, 0.717) is 6.42 Å². The molecule has 8 heteroatoms. The molecular weight excluding hydrogens is 304 g/mol. The van der Waals surface area contributed by atoms with Gasteiger partial charge in [0.1, 0.15) is 0 Å². The molecule has 2 N–H and O–H groups in total. The lowest BCUT2D eigenvalue weighted by atomic mass is 10.0. The van der Waals surface area contributed by atoms with Crippen LogP contribution in [0.5, 0.6) is 0 Å². The topological polar surface area (TPSA) is 83.5 Å². The summed E-state index contributed by atoms with van der Waals surface area (Å²) in [6, 6.07) is 5.35. The van der Waals surface area contributed by atoms with Gasteiger partial charge in [0.25, 0.3) is 0 Å². The summed E-state index contributed by atoms with van der Waals surface area (Å²) in [5, 5.41) is 11.5. The van der Waals surface area contributed by atoms with Crippen molar-refractivity contribution < 1.29 is 27.1 Å². The number of alkyl halides is 2. The standard InChI is InChI=1S/C13H17F2NO4S/c1-2-9(7-12(17)18)8-16-10-5-3-4-6-11(10)21(19,20)13(14)15/h3-6,9,13,16H,2,7-8H2,1H3,(H,17,18). The van der Waals surface area contributed by atoms with Gasteiger partial charge in [0.05, 0.1) is 10.6 Å². The number of hydrogen-bond donors (Lipinski definition) is 2. The molecule has 0 aliphatic heterocycles. The van der Waals surface area contributed by atoms with Crippen LogP contribution in [0.25, 0.3) is 0 Å². The summed E-state index contributed by atoms with van der Waals surface area (Å²) >= 11 is 0. The fourth-order valence-electron chi connectivity index (χ4n) is 1.82. The molecule has 0 heterocycles. The number of benzene rings is 1. The molecule has 1 rings (SSSR count). The Labute approximate surface area is 121 Å². The van der Waals surface area contributed by atoms with Gasteiger partial charge < -0.3 is 10.4 Å². The normalized spacial score (nSPS) is 13.1. The Morgan fingerprint density at radius 3 is 2.48 bits per heavy atom. The number of halogens is 2. The second kappa shape index (κ2) is 7.35. The van der Waals surface area contributed by atoms with Gasteiger partial charge in [0.15, 0.2) is 0 Å². The van der Waals surface area contributed by atoms with Gasteiger partial charge in [-0.15, -0.1) is 0 Å². The van der Waals surface area contributed by atoms with Crippen LogP contribution in [0.1, 0.15) is 19.8 Å². The molecule has 0 spiro atoms. The average molecular weight is 321 g/mol. The van der Waals surface area contributed by atoms with Gasteiger partial charge >= 0.3 is 11.7 Å². The van der Waals surface area contributed by atoms with Crippen LogP contribution in [0.3, 0.4) is 0 Å². The van der Waals surface area contributed by atoms with Crippen LogP contribution in [-0.4, -0.2) is 31.8 Å². The highest BCUT2D eigenvalue weighted by Gasteiger charge is 2.29. The Bertz CT molecular complexity index is 590. The molecule has 118 valence electrons. The average Bonchev–Trinajstić information content (AvgIpc) is 2.43. The smallest absolute Gasteiger partial charge is 0.341 e. The van der Waals surface area contributed by atoms with Crippen LogP contribution in [0.2, 0.25) is 0 Å². The zero-order chi connectivity index (χ0) is 16.0. The lowest BCUT2D eigenvalue weighted by Gasteiger charge is -2.16. The second-order valence-corrected chi connectivity index (χ2v) is 6.44. The zero-order valence-corrected chi connectivity index (χ0v) is 12.2. The maximum absolute atomic E-state index is 12.6. The third-order valence-electron chi connectivity index (χ3n) is 3.05. The second-order valence-electron chi connectivity index (χ2n) is 4.55. The maximum atomic E-state index is 12.6. The van der Waals surface area contributed by atoms with Gasteiger partial charge in [-0.05, 0) is 18.1 Å². The van der Waals surface area contributed by atoms with Gasteiger partial charge in [0, 0.05) is 13.0 Å². The van der Waals surface area contributed by atoms with E-state index in [1.165, 1.54) is 18.2 Å². The highest BCUT2D eigenvalue weighted by atomic mass is 32.2. The van der Waals surface area contributed by atoms with Crippen molar-refractivity contribution in [1.29, 1.82) is 0 Å². The van der Waals surface area contributed by atoms with Crippen LogP contribution in [-0.2, 0) is 14.6 Å². The highest BCUT2D eigenvalue weighted by Crippen LogP contribution is 2.26. The zero-order valence-electron chi connectivity index (χ0n) is 11.4. The van der Waals surface area contributed by atoms with Gasteiger partial charge in [-0.1, -0.05) is 25.5 Å². The van der Waals surface area contributed by atoms with Crippen LogP contribution < -0.4 is 5.32 Å². The van der Waals surface area contributed by atoms with Crippen LogP contribution in [0, 0.1) is 5.92 Å². The molecule has 0 bridgehead atoms. The number of nitrogens with one attached hydrogen (secondary N) is 1. The van der Waals surface area contributed by atoms with Crippen molar-refractivity contribution in [2.75, 3.05) is 11.9 Å². The Kier molecular flexibility index (Phi) is 6.07. The molecule has 1 atom stereocenters. The summed E-state index contributed by atoms with van der Waals surface area (Å²) in [4.78, 5) is 10.2. The van der Waals surface area contributed by atoms with Crippen molar-refractivity contribution in [3.8, 4) is 0 Å². The van der Waals surface area contributed by atoms with Crippen LogP contribution in [0.15, 0.2) is 29.2 Å². The fourth-order valence-corrected chi connectivity index (χ4v) is 2.73. The fraction of sp³-hybridized carbons (Fsp3) is 0.462. The summed E-state index contributed by atoms with van der Waals surface area (Å²) in [7, 11) is -4.70. The van der Waals surface area contributed by atoms with Crippen molar-refractivity contribution >= 4 is 21.5 Å². The van der Waals surface area contributed by atoms with E-state index in [1.54, 1.807) is 6.92 Å². The molecule has 1 unspecified atom stereocenters. The van der Waals surface area contributed by atoms with Gasteiger partial charge in [-0.3, -0.25) is 4.79 Å². The highest BCUT2D eigenvalue weighted by molar-refractivity contribution is 7.91. The molecule has 0 aromatic heterocycles. The number of para-hydroxylation sites is 1. The van der Waals surface area contributed by atoms with Crippen molar-refractivity contribution in [3.05, 3.63) is 24.3 Å². The van der Waals surface area contributed by atoms with Crippen LogP contribution >= 0.6 is 0 Å². The third kappa shape index (κ3) is 4.66. The molecule has 0 saturated carbocycles. The lowest BCUT2D eigenvalue weighted by molar-refractivity contribution is -0.138. The molecule has 0 aliphatic rings. The van der Waals surface area contributed by atoms with Gasteiger partial charge in [-0.25, -0.2) is 8.42 Å². The van der Waals surface area contributed by atoms with E-state index >= 15 is 0 Å². The molecule has 0 fully saturated rings. The first-order valence-corrected chi connectivity index (χ1v) is 7.90. The SMILES string of the molecule is CCC(CNc1ccccc1S(=O)(=O)C(F)F)CC(=O)O. The number of rotatable bonds is 8. The number of hydrogen-bond acceptors (Lipinski definition) is 4. The van der Waals surface area contributed by atoms with E-state index in [9.17, 15) is 22.0 Å². The summed E-state index contributed by atoms with van der Waals surface area (Å²) < 4.78 is 48.4. The largest absolute Gasteiger partial charge is 0.481 e. The molecule has 0 radical (unpaired) electrons. The molecule has 21 heavy (non-hydrogen) atoms. The minimum absolute atomic E-state index is 0.0571. The Balaban J connectivity index is 2.93. The van der Waals surface area contributed by atoms with Crippen molar-refractivity contribution in [2.24, 2.45) is 5.92 Å².